The van der Waals surface area contributed by atoms with Crippen LogP contribution >= 0.6 is 24.2 Å². The average Bonchev–Trinajstić information content (AvgIpc) is 3.09. The van der Waals surface area contributed by atoms with Gasteiger partial charge in [0.1, 0.15) is 12.8 Å². The Labute approximate surface area is 201 Å². The summed E-state index contributed by atoms with van der Waals surface area (Å²) >= 11 is 1.81. The number of amidine groups is 1. The van der Waals surface area contributed by atoms with Crippen molar-refractivity contribution in [1.29, 1.82) is 0 Å². The van der Waals surface area contributed by atoms with Crippen LogP contribution in [0.5, 0.6) is 0 Å². The normalized spacial score (nSPS) is 34.3. The molecule has 1 saturated heterocycles. The van der Waals surface area contributed by atoms with Gasteiger partial charge in [-0.25, -0.2) is 4.39 Å². The number of thioether (sulfide) groups is 1. The van der Waals surface area contributed by atoms with Gasteiger partial charge in [-0.3, -0.25) is 14.7 Å². The molecule has 0 radical (unpaired) electrons. The van der Waals surface area contributed by atoms with Crippen LogP contribution < -0.4 is 4.90 Å². The predicted octanol–water partition coefficient (Wildman–Crippen LogP) is 6.04. The van der Waals surface area contributed by atoms with Crippen LogP contribution in [0.25, 0.3) is 0 Å². The molecule has 6 rings (SSSR count). The molecule has 32 heavy (non-hydrogen) atoms. The van der Waals surface area contributed by atoms with E-state index in [9.17, 15) is 9.18 Å². The minimum Gasteiger partial charge on any atom is -0.327 e. The number of anilines is 1. The first-order chi connectivity index (χ1) is 14.9. The third-order valence-corrected chi connectivity index (χ3v) is 8.83. The summed E-state index contributed by atoms with van der Waals surface area (Å²) in [6.07, 6.45) is 7.94. The maximum atomic E-state index is 13.0. The summed E-state index contributed by atoms with van der Waals surface area (Å²) < 4.78 is 13.0. The molecule has 4 nitrogen and oxygen atoms in total. The van der Waals surface area contributed by atoms with E-state index >= 15 is 0 Å². The Kier molecular flexibility index (Phi) is 6.84. The zero-order valence-corrected chi connectivity index (χ0v) is 20.9. The Morgan fingerprint density at radius 3 is 2.19 bits per heavy atom. The van der Waals surface area contributed by atoms with E-state index in [1.54, 1.807) is 30.8 Å². The largest absolute Gasteiger partial charge is 0.327 e. The van der Waals surface area contributed by atoms with Gasteiger partial charge in [-0.1, -0.05) is 23.9 Å². The van der Waals surface area contributed by atoms with Crippen LogP contribution in [0.2, 0.25) is 0 Å². The van der Waals surface area contributed by atoms with Gasteiger partial charge in [0.25, 0.3) is 0 Å². The smallest absolute Gasteiger partial charge is 0.225 e. The second kappa shape index (κ2) is 9.17. The lowest BCUT2D eigenvalue weighted by atomic mass is 9.53. The number of nitrogens with zero attached hydrogens (tertiary/aromatic N) is 3. The maximum Gasteiger partial charge on any atom is 0.225 e. The monoisotopic (exact) mass is 479 g/mol. The second-order valence-electron chi connectivity index (χ2n) is 10.5. The number of aliphatic imine (C=N–C) groups is 1. The third-order valence-electron chi connectivity index (χ3n) is 7.80. The van der Waals surface area contributed by atoms with Crippen LogP contribution in [0.4, 0.5) is 10.1 Å². The van der Waals surface area contributed by atoms with Gasteiger partial charge in [0.05, 0.1) is 5.54 Å². The van der Waals surface area contributed by atoms with Gasteiger partial charge in [0.15, 0.2) is 5.17 Å². The van der Waals surface area contributed by atoms with Gasteiger partial charge in [0, 0.05) is 24.4 Å². The quantitative estimate of drug-likeness (QED) is 0.516. The van der Waals surface area contributed by atoms with Crippen molar-refractivity contribution in [3.8, 4) is 0 Å². The first kappa shape index (κ1) is 23.9. The highest BCUT2D eigenvalue weighted by Crippen LogP contribution is 2.57. The zero-order chi connectivity index (χ0) is 21.8. The molecule has 1 heterocycles. The van der Waals surface area contributed by atoms with E-state index in [1.807, 2.05) is 17.0 Å². The van der Waals surface area contributed by atoms with Crippen LogP contribution in [-0.4, -0.2) is 39.5 Å². The summed E-state index contributed by atoms with van der Waals surface area (Å²) in [6, 6.07) is 7.54. The topological polar surface area (TPSA) is 35.9 Å². The highest BCUT2D eigenvalue weighted by molar-refractivity contribution is 8.14. The van der Waals surface area contributed by atoms with Crippen molar-refractivity contribution in [2.75, 3.05) is 10.7 Å². The van der Waals surface area contributed by atoms with E-state index < -0.39 is 6.67 Å². The van der Waals surface area contributed by atoms with Crippen LogP contribution in [-0.2, 0) is 11.5 Å². The maximum absolute atomic E-state index is 13.0. The van der Waals surface area contributed by atoms with E-state index in [-0.39, 0.29) is 36.1 Å². The summed E-state index contributed by atoms with van der Waals surface area (Å²) in [7, 11) is 0. The average molecular weight is 480 g/mol. The van der Waals surface area contributed by atoms with Crippen molar-refractivity contribution in [3.05, 3.63) is 29.8 Å². The second-order valence-corrected chi connectivity index (χ2v) is 11.5. The highest BCUT2D eigenvalue weighted by atomic mass is 35.5. The molecule has 5 fully saturated rings. The molecule has 1 aromatic carbocycles. The van der Waals surface area contributed by atoms with Crippen molar-refractivity contribution < 1.29 is 9.18 Å². The number of benzene rings is 1. The Hall–Kier alpha value is -1.27. The molecule has 1 atom stereocenters. The molecule has 1 amide bonds. The van der Waals surface area contributed by atoms with Crippen molar-refractivity contribution in [2.45, 2.75) is 83.7 Å². The molecular formula is C25H35ClFN3OS. The predicted molar refractivity (Wildman–Crippen MR) is 133 cm³/mol. The number of alkyl halides is 1. The lowest BCUT2D eigenvalue weighted by Gasteiger charge is -2.55. The van der Waals surface area contributed by atoms with Crippen LogP contribution in [0.15, 0.2) is 29.3 Å². The van der Waals surface area contributed by atoms with E-state index in [1.165, 1.54) is 38.5 Å². The van der Waals surface area contributed by atoms with E-state index in [2.05, 4.69) is 18.7 Å². The van der Waals surface area contributed by atoms with Crippen molar-refractivity contribution in [2.24, 2.45) is 22.7 Å². The van der Waals surface area contributed by atoms with Gasteiger partial charge < -0.3 is 4.90 Å². The van der Waals surface area contributed by atoms with Crippen molar-refractivity contribution in [1.82, 2.24) is 4.90 Å². The summed E-state index contributed by atoms with van der Waals surface area (Å²) in [6.45, 7) is 5.53. The Morgan fingerprint density at radius 2 is 1.72 bits per heavy atom. The highest BCUT2D eigenvalue weighted by Gasteiger charge is 2.52. The van der Waals surface area contributed by atoms with Crippen LogP contribution in [0, 0.1) is 17.8 Å². The molecule has 7 heteroatoms. The number of hydrogen-bond donors (Lipinski definition) is 0. The number of amides is 1. The number of carbonyl (C=O) groups is 1. The molecule has 4 saturated carbocycles. The molecule has 1 aromatic rings. The van der Waals surface area contributed by atoms with Gasteiger partial charge in [-0.15, -0.1) is 12.4 Å². The van der Waals surface area contributed by atoms with Crippen molar-refractivity contribution >= 4 is 40.9 Å². The van der Waals surface area contributed by atoms with Gasteiger partial charge in [0.2, 0.25) is 5.91 Å². The van der Waals surface area contributed by atoms with Crippen LogP contribution in [0.3, 0.4) is 0 Å². The van der Waals surface area contributed by atoms with E-state index in [0.717, 1.165) is 34.4 Å². The summed E-state index contributed by atoms with van der Waals surface area (Å²) in [5.74, 6) is 3.43. The minimum absolute atomic E-state index is 0. The van der Waals surface area contributed by atoms with E-state index in [4.69, 9.17) is 4.99 Å². The van der Waals surface area contributed by atoms with Gasteiger partial charge in [-0.05, 0) is 87.8 Å². The third kappa shape index (κ3) is 4.29. The van der Waals surface area contributed by atoms with Gasteiger partial charge in [-0.2, -0.15) is 0 Å². The number of hydrogen-bond acceptors (Lipinski definition) is 3. The Morgan fingerprint density at radius 1 is 1.16 bits per heavy atom. The molecule has 176 valence electrons. The molecule has 5 aliphatic rings. The van der Waals surface area contributed by atoms with Crippen molar-refractivity contribution in [3.63, 3.8) is 0 Å². The molecule has 0 N–H and O–H groups in total. The first-order valence-electron chi connectivity index (χ1n) is 11.8. The Bertz CT molecular complexity index is 839. The molecule has 1 aliphatic heterocycles. The van der Waals surface area contributed by atoms with Gasteiger partial charge >= 0.3 is 0 Å². The summed E-state index contributed by atoms with van der Waals surface area (Å²) in [5, 5.41) is 1.12. The fraction of sp³-hybridized carbons (Fsp3) is 0.680. The lowest BCUT2D eigenvalue weighted by molar-refractivity contribution is -0.117. The fourth-order valence-electron chi connectivity index (χ4n) is 7.00. The SMILES string of the molecule is CC(=O)N(c1ccc(CF)cc1)C1CSC(=NC23CC4CC(CC(C4)C2)C3)N1C(C)C.Cl. The molecule has 4 aliphatic carbocycles. The summed E-state index contributed by atoms with van der Waals surface area (Å²) in [5.41, 5.74) is 1.60. The molecular weight excluding hydrogens is 445 g/mol. The number of halogens is 2. The van der Waals surface area contributed by atoms with Crippen LogP contribution in [0.1, 0.15) is 64.9 Å². The first-order valence-corrected chi connectivity index (χ1v) is 12.8. The standard InChI is InChI=1S/C25H34FN3OS.ClH/c1-16(2)28-23(29(17(3)30)22-6-4-18(14-26)5-7-22)15-31-24(28)27-25-11-19-8-20(12-25)10-21(9-19)13-25;/h4-7,16,19-21,23H,8-15H2,1-3H3;1H. The fourth-order valence-corrected chi connectivity index (χ4v) is 8.35. The van der Waals surface area contributed by atoms with E-state index in [0.29, 0.717) is 5.56 Å². The number of carbonyl (C=O) groups excluding carboxylic acids is 1. The number of rotatable bonds is 5. The summed E-state index contributed by atoms with van der Waals surface area (Å²) in [4.78, 5) is 22.5. The molecule has 4 bridgehead atoms. The molecule has 0 spiro atoms. The lowest BCUT2D eigenvalue weighted by Crippen LogP contribution is -2.54. The molecule has 1 unspecified atom stereocenters. The Balaban J connectivity index is 0.00000245. The zero-order valence-electron chi connectivity index (χ0n) is 19.3. The molecule has 0 aromatic heterocycles. The minimum atomic E-state index is -0.486.